The van der Waals surface area contributed by atoms with Crippen molar-refractivity contribution in [3.63, 3.8) is 0 Å². The van der Waals surface area contributed by atoms with E-state index < -0.39 is 28.7 Å². The lowest BCUT2D eigenvalue weighted by Gasteiger charge is -2.23. The Morgan fingerprint density at radius 1 is 1.06 bits per heavy atom. The van der Waals surface area contributed by atoms with Crippen LogP contribution in [0, 0.1) is 18.6 Å². The number of carbonyl (C=O) groups is 2. The van der Waals surface area contributed by atoms with Crippen molar-refractivity contribution in [1.82, 2.24) is 5.01 Å². The molecular formula is C27H22F2N4O2S. The molecule has 0 aromatic heterocycles. The SMILES string of the molecule is Cc1ccc(C2=NN(C3=NC(=O)[C@@H](CC(=O)Nc4ccc(F)c(F)c4)S3)[C@H](c3ccccc3)C2)cc1. The van der Waals surface area contributed by atoms with E-state index in [1.54, 1.807) is 5.01 Å². The topological polar surface area (TPSA) is 74.1 Å². The minimum absolute atomic E-state index is 0.117. The highest BCUT2D eigenvalue weighted by atomic mass is 32.2. The number of nitrogens with one attached hydrogen (secondary N) is 1. The molecule has 9 heteroatoms. The average molecular weight is 505 g/mol. The largest absolute Gasteiger partial charge is 0.326 e. The molecule has 2 aliphatic heterocycles. The maximum absolute atomic E-state index is 13.5. The van der Waals surface area contributed by atoms with Crippen molar-refractivity contribution in [3.05, 3.63) is 101 Å². The number of hydrogen-bond donors (Lipinski definition) is 1. The molecule has 0 spiro atoms. The Labute approximate surface area is 211 Å². The fourth-order valence-electron chi connectivity index (χ4n) is 4.10. The van der Waals surface area contributed by atoms with Crippen LogP contribution in [0.1, 0.15) is 35.6 Å². The Hall–Kier alpha value is -3.85. The monoisotopic (exact) mass is 504 g/mol. The zero-order chi connectivity index (χ0) is 25.2. The molecule has 2 amide bonds. The van der Waals surface area contributed by atoms with Crippen LogP contribution in [0.3, 0.4) is 0 Å². The van der Waals surface area contributed by atoms with Gasteiger partial charge in [0.15, 0.2) is 16.8 Å². The second kappa shape index (κ2) is 10.0. The normalized spacial score (nSPS) is 19.3. The zero-order valence-electron chi connectivity index (χ0n) is 19.3. The summed E-state index contributed by atoms with van der Waals surface area (Å²) in [6, 6.07) is 21.0. The highest BCUT2D eigenvalue weighted by molar-refractivity contribution is 8.15. The second-order valence-corrected chi connectivity index (χ2v) is 9.78. The predicted octanol–water partition coefficient (Wildman–Crippen LogP) is 5.45. The van der Waals surface area contributed by atoms with E-state index in [-0.39, 0.29) is 18.2 Å². The summed E-state index contributed by atoms with van der Waals surface area (Å²) in [5.74, 6) is -2.99. The Kier molecular flexibility index (Phi) is 6.65. The highest BCUT2D eigenvalue weighted by Gasteiger charge is 2.39. The Morgan fingerprint density at radius 3 is 2.53 bits per heavy atom. The van der Waals surface area contributed by atoms with E-state index in [1.807, 2.05) is 61.5 Å². The molecule has 2 atom stereocenters. The molecular weight excluding hydrogens is 482 g/mol. The summed E-state index contributed by atoms with van der Waals surface area (Å²) in [7, 11) is 0. The van der Waals surface area contributed by atoms with Crippen molar-refractivity contribution in [3.8, 4) is 0 Å². The molecule has 5 rings (SSSR count). The molecule has 3 aromatic rings. The number of aliphatic imine (C=N–C) groups is 1. The van der Waals surface area contributed by atoms with Gasteiger partial charge in [-0.1, -0.05) is 71.9 Å². The average Bonchev–Trinajstić information content (AvgIpc) is 3.46. The van der Waals surface area contributed by atoms with Crippen LogP contribution in [-0.4, -0.2) is 33.0 Å². The van der Waals surface area contributed by atoms with Gasteiger partial charge in [0.2, 0.25) is 5.91 Å². The van der Waals surface area contributed by atoms with Crippen LogP contribution >= 0.6 is 11.8 Å². The summed E-state index contributed by atoms with van der Waals surface area (Å²) in [6.45, 7) is 2.03. The first-order valence-corrected chi connectivity index (χ1v) is 12.3. The van der Waals surface area contributed by atoms with Gasteiger partial charge in [-0.15, -0.1) is 0 Å². The lowest BCUT2D eigenvalue weighted by molar-refractivity contribution is -0.121. The van der Waals surface area contributed by atoms with Gasteiger partial charge < -0.3 is 5.32 Å². The van der Waals surface area contributed by atoms with Crippen molar-refractivity contribution in [2.45, 2.75) is 31.1 Å². The third-order valence-electron chi connectivity index (χ3n) is 5.98. The quantitative estimate of drug-likeness (QED) is 0.501. The minimum Gasteiger partial charge on any atom is -0.326 e. The lowest BCUT2D eigenvalue weighted by Crippen LogP contribution is -2.25. The van der Waals surface area contributed by atoms with Gasteiger partial charge in [-0.05, 0) is 30.2 Å². The van der Waals surface area contributed by atoms with Crippen molar-refractivity contribution in [1.29, 1.82) is 0 Å². The first-order chi connectivity index (χ1) is 17.4. The van der Waals surface area contributed by atoms with E-state index in [0.717, 1.165) is 34.5 Å². The number of amidine groups is 1. The molecule has 0 unspecified atom stereocenters. The number of halogens is 2. The van der Waals surface area contributed by atoms with Gasteiger partial charge in [-0.25, -0.2) is 13.8 Å². The van der Waals surface area contributed by atoms with Crippen molar-refractivity contribution in [2.24, 2.45) is 10.1 Å². The molecule has 0 aliphatic carbocycles. The van der Waals surface area contributed by atoms with E-state index in [4.69, 9.17) is 5.10 Å². The smallest absolute Gasteiger partial charge is 0.262 e. The molecule has 0 saturated carbocycles. The molecule has 0 radical (unpaired) electrons. The van der Waals surface area contributed by atoms with Gasteiger partial charge in [0, 0.05) is 24.6 Å². The standard InChI is InChI=1S/C27H22F2N4O2S/c1-16-7-9-17(10-8-16)22-14-23(18-5-3-2-4-6-18)33(32-22)27-31-26(35)24(36-27)15-25(34)30-19-11-12-20(28)21(29)13-19/h2-13,23-24H,14-15H2,1H3,(H,30,34)/t23-,24+/m0/s1. The van der Waals surface area contributed by atoms with Gasteiger partial charge in [-0.2, -0.15) is 10.1 Å². The zero-order valence-corrected chi connectivity index (χ0v) is 20.1. The summed E-state index contributed by atoms with van der Waals surface area (Å²) < 4.78 is 26.6. The number of hydrogen-bond acceptors (Lipinski definition) is 5. The van der Waals surface area contributed by atoms with Crippen LogP contribution in [0.25, 0.3) is 0 Å². The fraction of sp³-hybridized carbons (Fsp3) is 0.185. The van der Waals surface area contributed by atoms with Gasteiger partial charge in [-0.3, -0.25) is 9.59 Å². The Morgan fingerprint density at radius 2 is 1.81 bits per heavy atom. The third-order valence-corrected chi connectivity index (χ3v) is 7.12. The van der Waals surface area contributed by atoms with Crippen LogP contribution in [0.5, 0.6) is 0 Å². The molecule has 1 N–H and O–H groups in total. The van der Waals surface area contributed by atoms with Gasteiger partial charge in [0.1, 0.15) is 5.25 Å². The number of anilines is 1. The second-order valence-electron chi connectivity index (χ2n) is 8.61. The number of amides is 2. The van der Waals surface area contributed by atoms with E-state index in [9.17, 15) is 18.4 Å². The van der Waals surface area contributed by atoms with E-state index >= 15 is 0 Å². The molecule has 2 heterocycles. The minimum atomic E-state index is -1.06. The predicted molar refractivity (Wildman–Crippen MR) is 137 cm³/mol. The van der Waals surface area contributed by atoms with Gasteiger partial charge >= 0.3 is 0 Å². The fourth-order valence-corrected chi connectivity index (χ4v) is 5.16. The molecule has 36 heavy (non-hydrogen) atoms. The molecule has 182 valence electrons. The molecule has 2 aliphatic rings. The number of benzene rings is 3. The van der Waals surface area contributed by atoms with Crippen LogP contribution in [0.15, 0.2) is 82.9 Å². The summed E-state index contributed by atoms with van der Waals surface area (Å²) >= 11 is 1.18. The van der Waals surface area contributed by atoms with E-state index in [0.29, 0.717) is 11.6 Å². The van der Waals surface area contributed by atoms with Crippen LogP contribution < -0.4 is 5.32 Å². The van der Waals surface area contributed by atoms with E-state index in [1.165, 1.54) is 17.8 Å². The molecule has 3 aromatic carbocycles. The number of aryl methyl sites for hydroxylation is 1. The maximum atomic E-state index is 13.5. The Balaban J connectivity index is 1.33. The van der Waals surface area contributed by atoms with Gasteiger partial charge in [0.05, 0.1) is 11.8 Å². The van der Waals surface area contributed by atoms with Crippen LogP contribution in [-0.2, 0) is 9.59 Å². The van der Waals surface area contributed by atoms with Crippen molar-refractivity contribution < 1.29 is 18.4 Å². The summed E-state index contributed by atoms with van der Waals surface area (Å²) in [6.07, 6.45) is 0.482. The summed E-state index contributed by atoms with van der Waals surface area (Å²) in [5, 5.41) is 8.80. The Bertz CT molecular complexity index is 1380. The highest BCUT2D eigenvalue weighted by Crippen LogP contribution is 2.38. The molecule has 0 saturated heterocycles. The van der Waals surface area contributed by atoms with Gasteiger partial charge in [0.25, 0.3) is 5.91 Å². The number of rotatable bonds is 5. The molecule has 6 nitrogen and oxygen atoms in total. The van der Waals surface area contributed by atoms with E-state index in [2.05, 4.69) is 10.3 Å². The summed E-state index contributed by atoms with van der Waals surface area (Å²) in [5.41, 5.74) is 4.20. The third kappa shape index (κ3) is 5.06. The first kappa shape index (κ1) is 23.9. The number of carbonyl (C=O) groups excluding carboxylic acids is 2. The lowest BCUT2D eigenvalue weighted by atomic mass is 9.98. The number of nitrogens with zero attached hydrogens (tertiary/aromatic N) is 3. The number of hydrazone groups is 1. The maximum Gasteiger partial charge on any atom is 0.262 e. The first-order valence-electron chi connectivity index (χ1n) is 11.4. The van der Waals surface area contributed by atoms with Crippen LogP contribution in [0.4, 0.5) is 14.5 Å². The molecule has 0 fully saturated rings. The van der Waals surface area contributed by atoms with Crippen molar-refractivity contribution >= 4 is 40.1 Å². The van der Waals surface area contributed by atoms with Crippen molar-refractivity contribution in [2.75, 3.05) is 5.32 Å². The number of thioether (sulfide) groups is 1. The summed E-state index contributed by atoms with van der Waals surface area (Å²) in [4.78, 5) is 29.4. The van der Waals surface area contributed by atoms with Crippen LogP contribution in [0.2, 0.25) is 0 Å². The molecule has 0 bridgehead atoms.